The van der Waals surface area contributed by atoms with Crippen LogP contribution in [0.5, 0.6) is 11.5 Å². The number of amides is 2. The van der Waals surface area contributed by atoms with Gasteiger partial charge in [-0.1, -0.05) is 26.0 Å². The molecule has 1 heterocycles. The smallest absolute Gasteiger partial charge is 0.260 e. The van der Waals surface area contributed by atoms with Crippen LogP contribution in [0.15, 0.2) is 24.3 Å². The molecule has 1 aromatic rings. The van der Waals surface area contributed by atoms with Gasteiger partial charge in [-0.25, -0.2) is 0 Å². The largest absolute Gasteiger partial charge is 0.493 e. The number of carbonyl (C=O) groups is 2. The van der Waals surface area contributed by atoms with E-state index in [0.29, 0.717) is 36.3 Å². The maximum absolute atomic E-state index is 12.7. The molecule has 2 unspecified atom stereocenters. The predicted molar refractivity (Wildman–Crippen MR) is 107 cm³/mol. The fourth-order valence-corrected chi connectivity index (χ4v) is 4.10. The lowest BCUT2D eigenvalue weighted by Crippen LogP contribution is -2.45. The SMILES string of the molecule is COc1ccccc1OCC(=O)N(CCC(=O)N1CC(C)CC(C)C1)C1CC1. The third kappa shape index (κ3) is 5.40. The van der Waals surface area contributed by atoms with E-state index in [-0.39, 0.29) is 24.5 Å². The van der Waals surface area contributed by atoms with Gasteiger partial charge in [0.15, 0.2) is 18.1 Å². The Kier molecular flexibility index (Phi) is 6.81. The van der Waals surface area contributed by atoms with Gasteiger partial charge in [0, 0.05) is 32.1 Å². The average Bonchev–Trinajstić information content (AvgIpc) is 3.51. The third-order valence-electron chi connectivity index (χ3n) is 5.52. The van der Waals surface area contributed by atoms with E-state index in [1.165, 1.54) is 6.42 Å². The number of hydrogen-bond acceptors (Lipinski definition) is 4. The number of carbonyl (C=O) groups excluding carboxylic acids is 2. The zero-order valence-electron chi connectivity index (χ0n) is 17.2. The minimum atomic E-state index is -0.0680. The number of ether oxygens (including phenoxy) is 2. The van der Waals surface area contributed by atoms with E-state index >= 15 is 0 Å². The lowest BCUT2D eigenvalue weighted by Gasteiger charge is -2.35. The summed E-state index contributed by atoms with van der Waals surface area (Å²) in [7, 11) is 1.58. The van der Waals surface area contributed by atoms with Crippen molar-refractivity contribution in [3.05, 3.63) is 24.3 Å². The van der Waals surface area contributed by atoms with Gasteiger partial charge in [0.25, 0.3) is 5.91 Å². The van der Waals surface area contributed by atoms with E-state index in [9.17, 15) is 9.59 Å². The highest BCUT2D eigenvalue weighted by Crippen LogP contribution is 2.29. The molecule has 1 aliphatic heterocycles. The highest BCUT2D eigenvalue weighted by Gasteiger charge is 2.33. The van der Waals surface area contributed by atoms with Crippen LogP contribution in [0, 0.1) is 11.8 Å². The van der Waals surface area contributed by atoms with Crippen molar-refractivity contribution < 1.29 is 19.1 Å². The lowest BCUT2D eigenvalue weighted by atomic mass is 9.92. The molecule has 2 fully saturated rings. The predicted octanol–water partition coefficient (Wildman–Crippen LogP) is 2.96. The number of para-hydroxylation sites is 2. The third-order valence-corrected chi connectivity index (χ3v) is 5.52. The standard InChI is InChI=1S/C22H32N2O4/c1-16-12-17(2)14-23(13-16)21(25)10-11-24(18-8-9-18)22(26)15-28-20-7-5-4-6-19(20)27-3/h4-7,16-18H,8-15H2,1-3H3. The molecule has 154 valence electrons. The van der Waals surface area contributed by atoms with Gasteiger partial charge in [0.1, 0.15) is 0 Å². The lowest BCUT2D eigenvalue weighted by molar-refractivity contribution is -0.137. The number of piperidine rings is 1. The Morgan fingerprint density at radius 1 is 1.11 bits per heavy atom. The molecule has 1 saturated carbocycles. The molecular weight excluding hydrogens is 356 g/mol. The number of nitrogens with zero attached hydrogens (tertiary/aromatic N) is 2. The summed E-state index contributed by atoms with van der Waals surface area (Å²) in [6.45, 7) is 6.49. The Morgan fingerprint density at radius 3 is 2.36 bits per heavy atom. The van der Waals surface area contributed by atoms with Crippen molar-refractivity contribution in [3.63, 3.8) is 0 Å². The number of benzene rings is 1. The molecule has 0 spiro atoms. The second-order valence-corrected chi connectivity index (χ2v) is 8.25. The molecule has 6 heteroatoms. The quantitative estimate of drug-likeness (QED) is 0.687. The summed E-state index contributed by atoms with van der Waals surface area (Å²) in [5, 5.41) is 0. The molecule has 2 aliphatic rings. The van der Waals surface area contributed by atoms with Crippen molar-refractivity contribution in [1.29, 1.82) is 0 Å². The molecule has 0 bridgehead atoms. The fourth-order valence-electron chi connectivity index (χ4n) is 4.10. The first-order chi connectivity index (χ1) is 13.5. The second kappa shape index (κ2) is 9.30. The summed E-state index contributed by atoms with van der Waals surface area (Å²) in [4.78, 5) is 29.2. The van der Waals surface area contributed by atoms with Crippen LogP contribution in [-0.2, 0) is 9.59 Å². The molecule has 0 N–H and O–H groups in total. The Hall–Kier alpha value is -2.24. The topological polar surface area (TPSA) is 59.1 Å². The van der Waals surface area contributed by atoms with Gasteiger partial charge in [0.05, 0.1) is 7.11 Å². The molecular formula is C22H32N2O4. The van der Waals surface area contributed by atoms with Crippen molar-refractivity contribution in [1.82, 2.24) is 9.80 Å². The first kappa shape index (κ1) is 20.5. The number of likely N-dealkylation sites (tertiary alicyclic amines) is 1. The molecule has 0 radical (unpaired) electrons. The maximum Gasteiger partial charge on any atom is 0.260 e. The summed E-state index contributed by atoms with van der Waals surface area (Å²) in [5.74, 6) is 2.34. The van der Waals surface area contributed by atoms with E-state index in [2.05, 4.69) is 13.8 Å². The molecule has 1 aromatic carbocycles. The van der Waals surface area contributed by atoms with Crippen LogP contribution in [0.1, 0.15) is 39.5 Å². The van der Waals surface area contributed by atoms with Crippen LogP contribution in [0.2, 0.25) is 0 Å². The van der Waals surface area contributed by atoms with Crippen LogP contribution >= 0.6 is 0 Å². The highest BCUT2D eigenvalue weighted by molar-refractivity contribution is 5.80. The van der Waals surface area contributed by atoms with E-state index < -0.39 is 0 Å². The zero-order valence-corrected chi connectivity index (χ0v) is 17.2. The van der Waals surface area contributed by atoms with E-state index in [1.807, 2.05) is 21.9 Å². The minimum Gasteiger partial charge on any atom is -0.493 e. The second-order valence-electron chi connectivity index (χ2n) is 8.25. The highest BCUT2D eigenvalue weighted by atomic mass is 16.5. The van der Waals surface area contributed by atoms with Crippen LogP contribution in [0.25, 0.3) is 0 Å². The summed E-state index contributed by atoms with van der Waals surface area (Å²) in [5.41, 5.74) is 0. The molecule has 1 aliphatic carbocycles. The van der Waals surface area contributed by atoms with Crippen molar-refractivity contribution in [2.75, 3.05) is 33.4 Å². The monoisotopic (exact) mass is 388 g/mol. The summed E-state index contributed by atoms with van der Waals surface area (Å²) < 4.78 is 10.9. The van der Waals surface area contributed by atoms with Gasteiger partial charge in [-0.2, -0.15) is 0 Å². The summed E-state index contributed by atoms with van der Waals surface area (Å²) in [6, 6.07) is 7.55. The first-order valence-corrected chi connectivity index (χ1v) is 10.3. The van der Waals surface area contributed by atoms with Crippen molar-refractivity contribution in [3.8, 4) is 11.5 Å². The van der Waals surface area contributed by atoms with Gasteiger partial charge in [-0.05, 0) is 43.2 Å². The van der Waals surface area contributed by atoms with Gasteiger partial charge < -0.3 is 19.3 Å². The van der Waals surface area contributed by atoms with Gasteiger partial charge in [0.2, 0.25) is 5.91 Å². The molecule has 6 nitrogen and oxygen atoms in total. The molecule has 1 saturated heterocycles. The summed E-state index contributed by atoms with van der Waals surface area (Å²) in [6.07, 6.45) is 3.58. The van der Waals surface area contributed by atoms with Crippen LogP contribution in [0.3, 0.4) is 0 Å². The van der Waals surface area contributed by atoms with E-state index in [4.69, 9.17) is 9.47 Å². The first-order valence-electron chi connectivity index (χ1n) is 10.3. The van der Waals surface area contributed by atoms with Gasteiger partial charge in [-0.15, -0.1) is 0 Å². The zero-order chi connectivity index (χ0) is 20.1. The normalized spacial score (nSPS) is 21.9. The average molecular weight is 389 g/mol. The number of rotatable bonds is 8. The summed E-state index contributed by atoms with van der Waals surface area (Å²) >= 11 is 0. The Morgan fingerprint density at radius 2 is 1.75 bits per heavy atom. The molecule has 0 aromatic heterocycles. The van der Waals surface area contributed by atoms with E-state index in [0.717, 1.165) is 25.9 Å². The maximum atomic E-state index is 12.7. The van der Waals surface area contributed by atoms with Crippen LogP contribution < -0.4 is 9.47 Å². The molecule has 2 amide bonds. The molecule has 2 atom stereocenters. The number of hydrogen-bond donors (Lipinski definition) is 0. The number of methoxy groups -OCH3 is 1. The molecule has 3 rings (SSSR count). The minimum absolute atomic E-state index is 0.0388. The van der Waals surface area contributed by atoms with Crippen LogP contribution in [-0.4, -0.2) is 61.0 Å². The van der Waals surface area contributed by atoms with Gasteiger partial charge >= 0.3 is 0 Å². The van der Waals surface area contributed by atoms with Crippen LogP contribution in [0.4, 0.5) is 0 Å². The van der Waals surface area contributed by atoms with Crippen molar-refractivity contribution >= 4 is 11.8 Å². The Bertz CT molecular complexity index is 679. The van der Waals surface area contributed by atoms with Crippen molar-refractivity contribution in [2.24, 2.45) is 11.8 Å². The van der Waals surface area contributed by atoms with E-state index in [1.54, 1.807) is 19.2 Å². The Labute approximate surface area is 167 Å². The molecule has 28 heavy (non-hydrogen) atoms. The van der Waals surface area contributed by atoms with Crippen molar-refractivity contribution in [2.45, 2.75) is 45.6 Å². The Balaban J connectivity index is 1.52. The van der Waals surface area contributed by atoms with Gasteiger partial charge in [-0.3, -0.25) is 9.59 Å². The fraction of sp³-hybridized carbons (Fsp3) is 0.636.